The number of methoxy groups -OCH3 is 1. The summed E-state index contributed by atoms with van der Waals surface area (Å²) in [6, 6.07) is 0.0604. The van der Waals surface area contributed by atoms with Crippen LogP contribution in [0.5, 0.6) is 0 Å². The van der Waals surface area contributed by atoms with Gasteiger partial charge in [-0.3, -0.25) is 11.3 Å². The lowest BCUT2D eigenvalue weighted by molar-refractivity contribution is -0.0706. The van der Waals surface area contributed by atoms with Crippen LogP contribution < -0.4 is 11.3 Å². The molecule has 1 fully saturated rings. The molecule has 0 aromatic heterocycles. The van der Waals surface area contributed by atoms with Crippen LogP contribution in [0.1, 0.15) is 39.5 Å². The minimum absolute atomic E-state index is 0.0604. The largest absolute Gasteiger partial charge is 0.376 e. The number of hydrazine groups is 1. The third-order valence-corrected chi connectivity index (χ3v) is 3.58. The summed E-state index contributed by atoms with van der Waals surface area (Å²) < 4.78 is 5.76. The van der Waals surface area contributed by atoms with Gasteiger partial charge in [0, 0.05) is 7.11 Å². The quantitative estimate of drug-likeness (QED) is 0.425. The zero-order chi connectivity index (χ0) is 11.5. The van der Waals surface area contributed by atoms with E-state index in [2.05, 4.69) is 18.9 Å². The van der Waals surface area contributed by atoms with Crippen molar-refractivity contribution >= 4 is 0 Å². The zero-order valence-corrected chi connectivity index (χ0v) is 10.2. The summed E-state index contributed by atoms with van der Waals surface area (Å²) in [7, 11) is 1.78. The van der Waals surface area contributed by atoms with Crippen LogP contribution in [0.15, 0.2) is 12.2 Å². The molecule has 3 nitrogen and oxygen atoms in total. The molecule has 1 aliphatic carbocycles. The molecule has 3 heteroatoms. The van der Waals surface area contributed by atoms with E-state index in [0.29, 0.717) is 5.92 Å². The Morgan fingerprint density at radius 1 is 1.67 bits per heavy atom. The zero-order valence-electron chi connectivity index (χ0n) is 10.2. The summed E-state index contributed by atoms with van der Waals surface area (Å²) in [4.78, 5) is 0. The van der Waals surface area contributed by atoms with Crippen LogP contribution in [0.4, 0.5) is 0 Å². The van der Waals surface area contributed by atoms with Crippen LogP contribution >= 0.6 is 0 Å². The molecule has 1 aliphatic rings. The Kier molecular flexibility index (Phi) is 4.32. The van der Waals surface area contributed by atoms with Crippen molar-refractivity contribution in [1.29, 1.82) is 0 Å². The van der Waals surface area contributed by atoms with Gasteiger partial charge in [-0.1, -0.05) is 31.9 Å². The van der Waals surface area contributed by atoms with E-state index >= 15 is 0 Å². The second-order valence-electron chi connectivity index (χ2n) is 4.92. The van der Waals surface area contributed by atoms with Gasteiger partial charge in [-0.15, -0.1) is 0 Å². The van der Waals surface area contributed by atoms with E-state index in [4.69, 9.17) is 10.6 Å². The van der Waals surface area contributed by atoms with E-state index in [1.165, 1.54) is 12.8 Å². The maximum Gasteiger partial charge on any atom is 0.0884 e. The van der Waals surface area contributed by atoms with Gasteiger partial charge in [0.05, 0.1) is 11.6 Å². The molecule has 0 aliphatic heterocycles. The second-order valence-corrected chi connectivity index (χ2v) is 4.92. The minimum atomic E-state index is -0.155. The highest BCUT2D eigenvalue weighted by molar-refractivity contribution is 5.12. The monoisotopic (exact) mass is 212 g/mol. The van der Waals surface area contributed by atoms with Crippen LogP contribution in [-0.4, -0.2) is 18.8 Å². The second kappa shape index (κ2) is 5.10. The highest BCUT2D eigenvalue weighted by Gasteiger charge is 2.42. The summed E-state index contributed by atoms with van der Waals surface area (Å²) in [6.45, 7) is 8.28. The Morgan fingerprint density at radius 3 is 2.73 bits per heavy atom. The molecule has 3 atom stereocenters. The van der Waals surface area contributed by atoms with Crippen molar-refractivity contribution in [2.45, 2.75) is 51.2 Å². The van der Waals surface area contributed by atoms with Crippen molar-refractivity contribution in [2.75, 3.05) is 7.11 Å². The first kappa shape index (κ1) is 12.7. The average molecular weight is 212 g/mol. The molecule has 0 spiro atoms. The Morgan fingerprint density at radius 2 is 2.33 bits per heavy atom. The van der Waals surface area contributed by atoms with E-state index in [1.807, 2.05) is 6.92 Å². The number of hydrogen-bond donors (Lipinski definition) is 2. The van der Waals surface area contributed by atoms with Crippen LogP contribution in [0, 0.1) is 5.92 Å². The first-order valence-corrected chi connectivity index (χ1v) is 5.72. The van der Waals surface area contributed by atoms with Gasteiger partial charge in [0.2, 0.25) is 0 Å². The highest BCUT2D eigenvalue weighted by Crippen LogP contribution is 2.38. The molecular weight excluding hydrogens is 188 g/mol. The fraction of sp³-hybridized carbons (Fsp3) is 0.833. The minimum Gasteiger partial charge on any atom is -0.376 e. The van der Waals surface area contributed by atoms with Crippen molar-refractivity contribution in [2.24, 2.45) is 11.8 Å². The Hall–Kier alpha value is -0.380. The molecule has 0 bridgehead atoms. The molecule has 1 rings (SSSR count). The van der Waals surface area contributed by atoms with E-state index in [9.17, 15) is 0 Å². The van der Waals surface area contributed by atoms with Gasteiger partial charge in [0.25, 0.3) is 0 Å². The lowest BCUT2D eigenvalue weighted by atomic mass is 9.73. The molecule has 0 amide bonds. The van der Waals surface area contributed by atoms with Crippen LogP contribution in [0.3, 0.4) is 0 Å². The van der Waals surface area contributed by atoms with Gasteiger partial charge in [0.15, 0.2) is 0 Å². The number of ether oxygens (including phenoxy) is 1. The molecule has 0 heterocycles. The van der Waals surface area contributed by atoms with Gasteiger partial charge >= 0.3 is 0 Å². The molecule has 3 N–H and O–H groups in total. The molecule has 15 heavy (non-hydrogen) atoms. The number of hydrogen-bond acceptors (Lipinski definition) is 3. The van der Waals surface area contributed by atoms with Crippen molar-refractivity contribution in [3.05, 3.63) is 12.2 Å². The van der Waals surface area contributed by atoms with Crippen molar-refractivity contribution in [1.82, 2.24) is 5.43 Å². The summed E-state index contributed by atoms with van der Waals surface area (Å²) in [6.07, 6.45) is 4.62. The van der Waals surface area contributed by atoms with Crippen molar-refractivity contribution < 1.29 is 4.74 Å². The summed E-state index contributed by atoms with van der Waals surface area (Å²) in [5.74, 6) is 6.32. The fourth-order valence-corrected chi connectivity index (χ4v) is 2.85. The third kappa shape index (κ3) is 2.60. The number of rotatable bonds is 4. The Balaban J connectivity index is 2.85. The Labute approximate surface area is 93.0 Å². The first-order valence-electron chi connectivity index (χ1n) is 5.72. The van der Waals surface area contributed by atoms with E-state index < -0.39 is 0 Å². The fourth-order valence-electron chi connectivity index (χ4n) is 2.85. The molecular formula is C12H24N2O. The molecule has 0 aromatic carbocycles. The maximum absolute atomic E-state index is 5.76. The first-order chi connectivity index (χ1) is 7.05. The lowest BCUT2D eigenvalue weighted by Crippen LogP contribution is -2.56. The molecule has 3 unspecified atom stereocenters. The number of nitrogens with two attached hydrogens (primary N) is 1. The topological polar surface area (TPSA) is 47.3 Å². The smallest absolute Gasteiger partial charge is 0.0884 e. The predicted octanol–water partition coefficient (Wildman–Crippen LogP) is 1.99. The van der Waals surface area contributed by atoms with Crippen molar-refractivity contribution in [3.63, 3.8) is 0 Å². The standard InChI is InChI=1S/C12H24N2O/c1-9(2)11(14-13)12(15-4)7-5-6-10(3)8-12/h10-11,14H,1,5-8,13H2,2-4H3. The van der Waals surface area contributed by atoms with Crippen LogP contribution in [0.25, 0.3) is 0 Å². The predicted molar refractivity (Wildman–Crippen MR) is 63.3 cm³/mol. The van der Waals surface area contributed by atoms with Gasteiger partial charge in [-0.2, -0.15) is 0 Å². The Bertz CT molecular complexity index is 230. The number of nitrogens with one attached hydrogen (secondary N) is 1. The van der Waals surface area contributed by atoms with Gasteiger partial charge in [0.1, 0.15) is 0 Å². The summed E-state index contributed by atoms with van der Waals surface area (Å²) >= 11 is 0. The van der Waals surface area contributed by atoms with E-state index in [0.717, 1.165) is 18.4 Å². The van der Waals surface area contributed by atoms with Crippen LogP contribution in [0.2, 0.25) is 0 Å². The van der Waals surface area contributed by atoms with Crippen molar-refractivity contribution in [3.8, 4) is 0 Å². The maximum atomic E-state index is 5.76. The third-order valence-electron chi connectivity index (χ3n) is 3.58. The van der Waals surface area contributed by atoms with Gasteiger partial charge in [-0.25, -0.2) is 0 Å². The highest BCUT2D eigenvalue weighted by atomic mass is 16.5. The van der Waals surface area contributed by atoms with Gasteiger partial charge in [-0.05, 0) is 25.7 Å². The molecule has 88 valence electrons. The van der Waals surface area contributed by atoms with Crippen LogP contribution in [-0.2, 0) is 4.74 Å². The molecule has 0 saturated heterocycles. The van der Waals surface area contributed by atoms with E-state index in [1.54, 1.807) is 7.11 Å². The summed E-state index contributed by atoms with van der Waals surface area (Å²) in [5, 5.41) is 0. The SMILES string of the molecule is C=C(C)C(NN)C1(OC)CCCC(C)C1. The molecule has 0 aromatic rings. The normalized spacial score (nSPS) is 33.7. The lowest BCUT2D eigenvalue weighted by Gasteiger charge is -2.44. The van der Waals surface area contributed by atoms with E-state index in [-0.39, 0.29) is 11.6 Å². The molecule has 1 saturated carbocycles. The molecule has 0 radical (unpaired) electrons. The average Bonchev–Trinajstić information content (AvgIpc) is 2.18. The van der Waals surface area contributed by atoms with Gasteiger partial charge < -0.3 is 4.74 Å². The summed E-state index contributed by atoms with van der Waals surface area (Å²) in [5.41, 5.74) is 3.75.